The summed E-state index contributed by atoms with van der Waals surface area (Å²) in [7, 11) is 1.24. The molecule has 3 unspecified atom stereocenters. The summed E-state index contributed by atoms with van der Waals surface area (Å²) in [4.78, 5) is 24.9. The van der Waals surface area contributed by atoms with E-state index < -0.39 is 26.6 Å². The van der Waals surface area contributed by atoms with Crippen molar-refractivity contribution in [3.8, 4) is 0 Å². The zero-order valence-electron chi connectivity index (χ0n) is 31.2. The Labute approximate surface area is 290 Å². The number of rotatable bonds is 34. The highest BCUT2D eigenvalue weighted by molar-refractivity contribution is 7.45. The van der Waals surface area contributed by atoms with Gasteiger partial charge in [0.1, 0.15) is 13.2 Å². The Balaban J connectivity index is 4.33. The van der Waals surface area contributed by atoms with Gasteiger partial charge in [0.2, 0.25) is 5.91 Å². The van der Waals surface area contributed by atoms with Gasteiger partial charge in [-0.05, 0) is 32.1 Å². The van der Waals surface area contributed by atoms with E-state index in [-0.39, 0.29) is 12.5 Å². The largest absolute Gasteiger partial charge is 0.756 e. The van der Waals surface area contributed by atoms with E-state index in [0.29, 0.717) is 17.4 Å². The van der Waals surface area contributed by atoms with Gasteiger partial charge in [0, 0.05) is 6.42 Å². The number of phosphoric acid groups is 1. The smallest absolute Gasteiger partial charge is 0.268 e. The van der Waals surface area contributed by atoms with E-state index in [1.54, 1.807) is 6.08 Å². The second kappa shape index (κ2) is 31.0. The van der Waals surface area contributed by atoms with Gasteiger partial charge in [-0.25, -0.2) is 0 Å². The molecule has 0 spiro atoms. The Kier molecular flexibility index (Phi) is 30.3. The molecular weight excluding hydrogens is 611 g/mol. The van der Waals surface area contributed by atoms with E-state index in [2.05, 4.69) is 31.3 Å². The molecule has 1 amide bonds. The molecule has 0 saturated carbocycles. The number of amides is 1. The third-order valence-electron chi connectivity index (χ3n) is 8.41. The number of hydrogen-bond acceptors (Lipinski definition) is 6. The van der Waals surface area contributed by atoms with Gasteiger partial charge in [-0.1, -0.05) is 147 Å². The van der Waals surface area contributed by atoms with Crippen LogP contribution in [0.25, 0.3) is 0 Å². The van der Waals surface area contributed by atoms with Crippen molar-refractivity contribution in [3.05, 3.63) is 24.3 Å². The molecular formula is C38H75N2O6P. The number of likely N-dealkylation sites (N-methyl/N-ethyl adjacent to an activating group) is 1. The molecule has 0 radical (unpaired) electrons. The molecule has 0 aromatic heterocycles. The number of carbonyl (C=O) groups is 1. The van der Waals surface area contributed by atoms with Crippen molar-refractivity contribution in [1.82, 2.24) is 5.32 Å². The summed E-state index contributed by atoms with van der Waals surface area (Å²) < 4.78 is 22.9. The maximum atomic E-state index is 12.6. The molecule has 3 atom stereocenters. The molecule has 2 N–H and O–H groups in total. The van der Waals surface area contributed by atoms with E-state index in [1.165, 1.54) is 89.9 Å². The standard InChI is InChI=1S/C38H75N2O6P/c1-6-8-10-12-13-14-15-16-17-18-19-20-21-22-23-24-25-26-28-29-31-37(41)36(39-38(42)32-30-27-11-9-7-2)35-46-47(43,44)45-34-33-40(3,4)5/h24-25,29,31,36-37,41H,6-23,26-28,30,32-35H2,1-5H3,(H-,39,42,43,44)/b25-24+,31-29+. The molecule has 0 rings (SSSR count). The van der Waals surface area contributed by atoms with Crippen LogP contribution in [0.2, 0.25) is 0 Å². The molecule has 8 nitrogen and oxygen atoms in total. The molecule has 278 valence electrons. The number of nitrogens with zero attached hydrogens (tertiary/aromatic N) is 1. The van der Waals surface area contributed by atoms with Crippen LogP contribution < -0.4 is 10.2 Å². The van der Waals surface area contributed by atoms with E-state index in [4.69, 9.17) is 9.05 Å². The molecule has 0 aromatic rings. The zero-order chi connectivity index (χ0) is 35.1. The van der Waals surface area contributed by atoms with Crippen LogP contribution in [0.5, 0.6) is 0 Å². The Morgan fingerprint density at radius 2 is 1.19 bits per heavy atom. The quantitative estimate of drug-likeness (QED) is 0.0303. The van der Waals surface area contributed by atoms with Crippen LogP contribution >= 0.6 is 7.82 Å². The van der Waals surface area contributed by atoms with Crippen LogP contribution in [0.15, 0.2) is 24.3 Å². The number of carbonyl (C=O) groups excluding carboxylic acids is 1. The predicted molar refractivity (Wildman–Crippen MR) is 196 cm³/mol. The SMILES string of the molecule is CCCCCCCCCCCCCCCC/C=C/CC/C=C/C(O)C(COP(=O)([O-])OCC[N+](C)(C)C)NC(=O)CCCCCCC. The highest BCUT2D eigenvalue weighted by Crippen LogP contribution is 2.38. The molecule has 0 aliphatic carbocycles. The number of aliphatic hydroxyl groups is 1. The highest BCUT2D eigenvalue weighted by Gasteiger charge is 2.23. The van der Waals surface area contributed by atoms with Gasteiger partial charge in [0.25, 0.3) is 7.82 Å². The van der Waals surface area contributed by atoms with Crippen molar-refractivity contribution in [2.24, 2.45) is 0 Å². The number of hydrogen-bond donors (Lipinski definition) is 2. The first kappa shape index (κ1) is 46.0. The molecule has 0 heterocycles. The van der Waals surface area contributed by atoms with Crippen LogP contribution in [0.1, 0.15) is 162 Å². The van der Waals surface area contributed by atoms with E-state index in [1.807, 2.05) is 27.2 Å². The maximum Gasteiger partial charge on any atom is 0.268 e. The Morgan fingerprint density at radius 1 is 0.723 bits per heavy atom. The molecule has 0 saturated heterocycles. The van der Waals surface area contributed by atoms with Crippen molar-refractivity contribution in [2.75, 3.05) is 40.9 Å². The second-order valence-electron chi connectivity index (χ2n) is 14.3. The number of nitrogens with one attached hydrogen (secondary N) is 1. The Bertz CT molecular complexity index is 829. The van der Waals surface area contributed by atoms with Crippen LogP contribution in [0.3, 0.4) is 0 Å². The van der Waals surface area contributed by atoms with Gasteiger partial charge in [-0.2, -0.15) is 0 Å². The highest BCUT2D eigenvalue weighted by atomic mass is 31.2. The fraction of sp³-hybridized carbons (Fsp3) is 0.868. The molecule has 0 aliphatic rings. The van der Waals surface area contributed by atoms with Crippen LogP contribution in [0, 0.1) is 0 Å². The molecule has 0 aliphatic heterocycles. The van der Waals surface area contributed by atoms with Gasteiger partial charge in [0.15, 0.2) is 0 Å². The van der Waals surface area contributed by atoms with Crippen molar-refractivity contribution < 1.29 is 32.9 Å². The zero-order valence-corrected chi connectivity index (χ0v) is 32.1. The van der Waals surface area contributed by atoms with Gasteiger partial charge in [-0.15, -0.1) is 0 Å². The van der Waals surface area contributed by atoms with Crippen LogP contribution in [-0.2, 0) is 18.4 Å². The average molecular weight is 687 g/mol. The van der Waals surface area contributed by atoms with Gasteiger partial charge >= 0.3 is 0 Å². The third-order valence-corrected chi connectivity index (χ3v) is 9.38. The Morgan fingerprint density at radius 3 is 1.72 bits per heavy atom. The normalized spacial score (nSPS) is 15.0. The maximum absolute atomic E-state index is 12.6. The number of aliphatic hydroxyl groups excluding tert-OH is 1. The van der Waals surface area contributed by atoms with Crippen molar-refractivity contribution in [3.63, 3.8) is 0 Å². The fourth-order valence-electron chi connectivity index (χ4n) is 5.28. The van der Waals surface area contributed by atoms with Crippen LogP contribution in [-0.4, -0.2) is 68.5 Å². The summed E-state index contributed by atoms with van der Waals surface area (Å²) in [5, 5.41) is 13.6. The van der Waals surface area contributed by atoms with Gasteiger partial charge in [-0.3, -0.25) is 9.36 Å². The van der Waals surface area contributed by atoms with Crippen molar-refractivity contribution in [2.45, 2.75) is 174 Å². The lowest BCUT2D eigenvalue weighted by Gasteiger charge is -2.29. The first-order chi connectivity index (χ1) is 22.5. The van der Waals surface area contributed by atoms with Gasteiger partial charge in [0.05, 0.1) is 39.9 Å². The Hall–Kier alpha value is -1.02. The number of allylic oxidation sites excluding steroid dienone is 3. The van der Waals surface area contributed by atoms with E-state index in [0.717, 1.165) is 51.4 Å². The lowest BCUT2D eigenvalue weighted by Crippen LogP contribution is -2.45. The summed E-state index contributed by atoms with van der Waals surface area (Å²) >= 11 is 0. The predicted octanol–water partition coefficient (Wildman–Crippen LogP) is 9.16. The summed E-state index contributed by atoms with van der Waals surface area (Å²) in [5.74, 6) is -0.222. The first-order valence-electron chi connectivity index (χ1n) is 19.2. The molecule has 0 fully saturated rings. The minimum atomic E-state index is -4.57. The summed E-state index contributed by atoms with van der Waals surface area (Å²) in [6.45, 7) is 4.51. The fourth-order valence-corrected chi connectivity index (χ4v) is 6.01. The van der Waals surface area contributed by atoms with Crippen LogP contribution in [0.4, 0.5) is 0 Å². The van der Waals surface area contributed by atoms with Crippen molar-refractivity contribution in [1.29, 1.82) is 0 Å². The minimum absolute atomic E-state index is 0.00552. The number of quaternary nitrogens is 1. The topological polar surface area (TPSA) is 108 Å². The monoisotopic (exact) mass is 687 g/mol. The third kappa shape index (κ3) is 33.3. The number of phosphoric ester groups is 1. The summed E-state index contributed by atoms with van der Waals surface area (Å²) in [6, 6.07) is -0.894. The molecule has 47 heavy (non-hydrogen) atoms. The lowest BCUT2D eigenvalue weighted by molar-refractivity contribution is -0.870. The molecule has 0 aromatic carbocycles. The summed E-state index contributed by atoms with van der Waals surface area (Å²) in [6.07, 6.45) is 34.1. The summed E-state index contributed by atoms with van der Waals surface area (Å²) in [5.41, 5.74) is 0. The lowest BCUT2D eigenvalue weighted by atomic mass is 10.0. The van der Waals surface area contributed by atoms with Crippen molar-refractivity contribution >= 4 is 13.7 Å². The first-order valence-corrected chi connectivity index (χ1v) is 20.7. The van der Waals surface area contributed by atoms with E-state index >= 15 is 0 Å². The second-order valence-corrected chi connectivity index (χ2v) is 15.7. The average Bonchev–Trinajstić information content (AvgIpc) is 3.01. The molecule has 9 heteroatoms. The minimum Gasteiger partial charge on any atom is -0.756 e. The van der Waals surface area contributed by atoms with Gasteiger partial charge < -0.3 is 28.8 Å². The number of unbranched alkanes of at least 4 members (excludes halogenated alkanes) is 19. The molecule has 0 bridgehead atoms. The van der Waals surface area contributed by atoms with E-state index in [9.17, 15) is 19.4 Å².